The zero-order valence-electron chi connectivity index (χ0n) is 8.85. The van der Waals surface area contributed by atoms with Crippen molar-refractivity contribution in [2.75, 3.05) is 11.1 Å². The Kier molecular flexibility index (Phi) is 3.00. The number of anilines is 2. The van der Waals surface area contributed by atoms with Gasteiger partial charge in [-0.15, -0.1) is 0 Å². The van der Waals surface area contributed by atoms with Crippen molar-refractivity contribution in [3.8, 4) is 0 Å². The standard InChI is InChI=1S/C12H10FN3O/c13-10-9(6-7-15-11(10)14)12(17)16-8-4-2-1-3-5-8/h1-7H,(H2,14,15)(H,16,17). The largest absolute Gasteiger partial charge is 0.381 e. The van der Waals surface area contributed by atoms with E-state index < -0.39 is 11.7 Å². The highest BCUT2D eigenvalue weighted by Crippen LogP contribution is 2.14. The molecule has 0 radical (unpaired) electrons. The number of carbonyl (C=O) groups excluding carboxylic acids is 1. The van der Waals surface area contributed by atoms with E-state index in [0.717, 1.165) is 0 Å². The lowest BCUT2D eigenvalue weighted by atomic mass is 10.2. The quantitative estimate of drug-likeness (QED) is 0.831. The number of amides is 1. The van der Waals surface area contributed by atoms with Crippen LogP contribution < -0.4 is 11.1 Å². The van der Waals surface area contributed by atoms with Gasteiger partial charge >= 0.3 is 0 Å². The van der Waals surface area contributed by atoms with E-state index in [4.69, 9.17) is 5.73 Å². The summed E-state index contributed by atoms with van der Waals surface area (Å²) in [4.78, 5) is 15.3. The molecule has 0 aliphatic rings. The van der Waals surface area contributed by atoms with E-state index in [2.05, 4.69) is 10.3 Å². The Bertz CT molecular complexity index is 543. The number of pyridine rings is 1. The van der Waals surface area contributed by atoms with Gasteiger partial charge in [-0.2, -0.15) is 0 Å². The van der Waals surface area contributed by atoms with Crippen molar-refractivity contribution < 1.29 is 9.18 Å². The van der Waals surface area contributed by atoms with Gasteiger partial charge in [0.1, 0.15) is 0 Å². The van der Waals surface area contributed by atoms with Crippen molar-refractivity contribution >= 4 is 17.4 Å². The average molecular weight is 231 g/mol. The number of rotatable bonds is 2. The molecule has 1 aromatic heterocycles. The summed E-state index contributed by atoms with van der Waals surface area (Å²) in [5.41, 5.74) is 5.75. The maximum atomic E-state index is 13.5. The molecule has 0 atom stereocenters. The molecule has 1 heterocycles. The first kappa shape index (κ1) is 11.1. The highest BCUT2D eigenvalue weighted by molar-refractivity contribution is 6.04. The number of hydrogen-bond acceptors (Lipinski definition) is 3. The molecular formula is C12H10FN3O. The van der Waals surface area contributed by atoms with Crippen LogP contribution in [0.3, 0.4) is 0 Å². The summed E-state index contributed by atoms with van der Waals surface area (Å²) in [6.07, 6.45) is 1.29. The van der Waals surface area contributed by atoms with Gasteiger partial charge in [-0.25, -0.2) is 9.37 Å². The van der Waals surface area contributed by atoms with Crippen molar-refractivity contribution in [2.24, 2.45) is 0 Å². The third kappa shape index (κ3) is 2.39. The van der Waals surface area contributed by atoms with Gasteiger partial charge in [0, 0.05) is 11.9 Å². The minimum absolute atomic E-state index is 0.124. The number of halogens is 1. The number of hydrogen-bond donors (Lipinski definition) is 2. The summed E-state index contributed by atoms with van der Waals surface area (Å²) in [7, 11) is 0. The number of carbonyl (C=O) groups is 1. The normalized spacial score (nSPS) is 9.94. The minimum Gasteiger partial charge on any atom is -0.381 e. The Morgan fingerprint density at radius 2 is 1.94 bits per heavy atom. The first-order valence-electron chi connectivity index (χ1n) is 4.95. The molecule has 4 nitrogen and oxygen atoms in total. The minimum atomic E-state index is -0.805. The second-order valence-electron chi connectivity index (χ2n) is 3.38. The fourth-order valence-corrected chi connectivity index (χ4v) is 1.36. The molecule has 86 valence electrons. The van der Waals surface area contributed by atoms with Gasteiger partial charge in [-0.1, -0.05) is 18.2 Å². The zero-order chi connectivity index (χ0) is 12.3. The maximum Gasteiger partial charge on any atom is 0.258 e. The molecule has 2 aromatic rings. The number of nitrogens with one attached hydrogen (secondary N) is 1. The molecular weight excluding hydrogens is 221 g/mol. The van der Waals surface area contributed by atoms with Crippen LogP contribution in [0.15, 0.2) is 42.6 Å². The summed E-state index contributed by atoms with van der Waals surface area (Å²) in [5.74, 6) is -1.64. The second kappa shape index (κ2) is 4.61. The summed E-state index contributed by atoms with van der Waals surface area (Å²) >= 11 is 0. The summed E-state index contributed by atoms with van der Waals surface area (Å²) in [6, 6.07) is 10.1. The summed E-state index contributed by atoms with van der Waals surface area (Å²) in [5, 5.41) is 2.56. The van der Waals surface area contributed by atoms with Crippen molar-refractivity contribution in [2.45, 2.75) is 0 Å². The molecule has 3 N–H and O–H groups in total. The molecule has 5 heteroatoms. The number of nitrogen functional groups attached to an aromatic ring is 1. The van der Waals surface area contributed by atoms with Gasteiger partial charge in [-0.3, -0.25) is 4.79 Å². The van der Waals surface area contributed by atoms with E-state index in [1.807, 2.05) is 6.07 Å². The molecule has 0 saturated heterocycles. The van der Waals surface area contributed by atoms with E-state index >= 15 is 0 Å². The van der Waals surface area contributed by atoms with Crippen LogP contribution in [-0.2, 0) is 0 Å². The van der Waals surface area contributed by atoms with Crippen LogP contribution >= 0.6 is 0 Å². The third-order valence-electron chi connectivity index (χ3n) is 2.19. The lowest BCUT2D eigenvalue weighted by molar-refractivity contribution is 0.102. The molecule has 1 amide bonds. The first-order valence-corrected chi connectivity index (χ1v) is 4.95. The Labute approximate surface area is 97.3 Å². The van der Waals surface area contributed by atoms with Crippen LogP contribution in [0.25, 0.3) is 0 Å². The van der Waals surface area contributed by atoms with Crippen LogP contribution in [0.5, 0.6) is 0 Å². The number of nitrogens with two attached hydrogens (primary N) is 1. The molecule has 0 saturated carbocycles. The van der Waals surface area contributed by atoms with Crippen LogP contribution in [0.1, 0.15) is 10.4 Å². The van der Waals surface area contributed by atoms with Gasteiger partial charge in [0.15, 0.2) is 11.6 Å². The van der Waals surface area contributed by atoms with Crippen LogP contribution in [0.4, 0.5) is 15.9 Å². The molecule has 0 spiro atoms. The van der Waals surface area contributed by atoms with Gasteiger partial charge in [0.25, 0.3) is 5.91 Å². The van der Waals surface area contributed by atoms with Crippen molar-refractivity contribution in [3.63, 3.8) is 0 Å². The van der Waals surface area contributed by atoms with E-state index in [0.29, 0.717) is 5.69 Å². The third-order valence-corrected chi connectivity index (χ3v) is 2.19. The smallest absolute Gasteiger partial charge is 0.258 e. The van der Waals surface area contributed by atoms with Crippen molar-refractivity contribution in [1.82, 2.24) is 4.98 Å². The van der Waals surface area contributed by atoms with Gasteiger partial charge in [0.2, 0.25) is 0 Å². The van der Waals surface area contributed by atoms with Gasteiger partial charge < -0.3 is 11.1 Å². The second-order valence-corrected chi connectivity index (χ2v) is 3.38. The number of aromatic nitrogens is 1. The summed E-state index contributed by atoms with van der Waals surface area (Å²) in [6.45, 7) is 0. The van der Waals surface area contributed by atoms with E-state index in [-0.39, 0.29) is 11.4 Å². The van der Waals surface area contributed by atoms with Crippen LogP contribution in [-0.4, -0.2) is 10.9 Å². The molecule has 0 fully saturated rings. The molecule has 0 bridgehead atoms. The molecule has 0 unspecified atom stereocenters. The predicted molar refractivity (Wildman–Crippen MR) is 63.0 cm³/mol. The monoisotopic (exact) mass is 231 g/mol. The molecule has 2 rings (SSSR count). The highest BCUT2D eigenvalue weighted by atomic mass is 19.1. The number of para-hydroxylation sites is 1. The lowest BCUT2D eigenvalue weighted by Crippen LogP contribution is -2.15. The predicted octanol–water partition coefficient (Wildman–Crippen LogP) is 2.06. The Hall–Kier alpha value is -2.43. The Morgan fingerprint density at radius 1 is 1.24 bits per heavy atom. The molecule has 1 aromatic carbocycles. The topological polar surface area (TPSA) is 68.0 Å². The van der Waals surface area contributed by atoms with E-state index in [1.165, 1.54) is 12.3 Å². The fraction of sp³-hybridized carbons (Fsp3) is 0. The average Bonchev–Trinajstić information content (AvgIpc) is 2.34. The highest BCUT2D eigenvalue weighted by Gasteiger charge is 2.14. The SMILES string of the molecule is Nc1nccc(C(=O)Nc2ccccc2)c1F. The molecule has 0 aliphatic carbocycles. The van der Waals surface area contributed by atoms with E-state index in [9.17, 15) is 9.18 Å². The van der Waals surface area contributed by atoms with Crippen molar-refractivity contribution in [1.29, 1.82) is 0 Å². The zero-order valence-corrected chi connectivity index (χ0v) is 8.85. The Morgan fingerprint density at radius 3 is 2.65 bits per heavy atom. The molecule has 17 heavy (non-hydrogen) atoms. The number of benzene rings is 1. The summed E-state index contributed by atoms with van der Waals surface area (Å²) < 4.78 is 13.5. The van der Waals surface area contributed by atoms with Gasteiger partial charge in [0.05, 0.1) is 5.56 Å². The first-order chi connectivity index (χ1) is 8.18. The fourth-order valence-electron chi connectivity index (χ4n) is 1.36. The van der Waals surface area contributed by atoms with Crippen LogP contribution in [0.2, 0.25) is 0 Å². The number of nitrogens with zero attached hydrogens (tertiary/aromatic N) is 1. The maximum absolute atomic E-state index is 13.5. The van der Waals surface area contributed by atoms with Crippen LogP contribution in [0, 0.1) is 5.82 Å². The van der Waals surface area contributed by atoms with Gasteiger partial charge in [-0.05, 0) is 18.2 Å². The lowest BCUT2D eigenvalue weighted by Gasteiger charge is -2.06. The van der Waals surface area contributed by atoms with Crippen molar-refractivity contribution in [3.05, 3.63) is 54.0 Å². The Balaban J connectivity index is 2.24. The molecule has 0 aliphatic heterocycles. The van der Waals surface area contributed by atoms with E-state index in [1.54, 1.807) is 24.3 Å².